The molecule has 3 amide bonds. The number of carbonyl (C=O) groups is 5. The van der Waals surface area contributed by atoms with Crippen LogP contribution in [0.15, 0.2) is 0 Å². The topological polar surface area (TPSA) is 139 Å². The quantitative estimate of drug-likeness (QED) is 0.171. The first-order chi connectivity index (χ1) is 16.5. The van der Waals surface area contributed by atoms with Crippen molar-refractivity contribution in [2.24, 2.45) is 11.7 Å². The highest BCUT2D eigenvalue weighted by molar-refractivity contribution is 6.27. The van der Waals surface area contributed by atoms with E-state index < -0.39 is 29.4 Å². The number of nitrogens with one attached hydrogen (secondary N) is 2. The predicted octanol–water partition coefficient (Wildman–Crippen LogP) is 2.88. The van der Waals surface area contributed by atoms with E-state index in [9.17, 15) is 24.0 Å². The number of nitrogens with two attached hydrogens (primary N) is 1. The molecule has 0 bridgehead atoms. The van der Waals surface area contributed by atoms with E-state index in [-0.39, 0.29) is 17.9 Å². The molecule has 1 aliphatic heterocycles. The third-order valence-electron chi connectivity index (χ3n) is 6.32. The maximum absolute atomic E-state index is 13.2. The molecule has 0 aliphatic carbocycles. The average molecular weight is 495 g/mol. The van der Waals surface area contributed by atoms with E-state index >= 15 is 0 Å². The molecule has 0 spiro atoms. The summed E-state index contributed by atoms with van der Waals surface area (Å²) in [6.45, 7) is 8.21. The van der Waals surface area contributed by atoms with Crippen molar-refractivity contribution in [3.63, 3.8) is 0 Å². The number of Topliss-reactive ketones (excluding diaryl/α,β-unsaturated/α-hetero) is 1. The van der Waals surface area contributed by atoms with Crippen molar-refractivity contribution in [3.05, 3.63) is 0 Å². The van der Waals surface area contributed by atoms with Gasteiger partial charge >= 0.3 is 6.03 Å². The number of unbranched alkanes of at least 4 members (excludes halogenated alkanes) is 7. The van der Waals surface area contributed by atoms with Crippen molar-refractivity contribution in [1.82, 2.24) is 15.5 Å². The fourth-order valence-electron chi connectivity index (χ4n) is 4.46. The Morgan fingerprint density at radius 2 is 1.51 bits per heavy atom. The summed E-state index contributed by atoms with van der Waals surface area (Å²) in [7, 11) is 0. The molecule has 0 aromatic carbocycles. The molecule has 35 heavy (non-hydrogen) atoms. The summed E-state index contributed by atoms with van der Waals surface area (Å²) < 4.78 is 0. The summed E-state index contributed by atoms with van der Waals surface area (Å²) >= 11 is 0. The summed E-state index contributed by atoms with van der Waals surface area (Å²) in [5.74, 6) is -0.450. The lowest BCUT2D eigenvalue weighted by molar-refractivity contribution is -0.136. The van der Waals surface area contributed by atoms with E-state index in [0.717, 1.165) is 57.7 Å². The summed E-state index contributed by atoms with van der Waals surface area (Å²) in [5, 5.41) is 5.69. The number of rotatable bonds is 16. The minimum absolute atomic E-state index is 0.179. The van der Waals surface area contributed by atoms with Crippen molar-refractivity contribution < 1.29 is 24.0 Å². The Balaban J connectivity index is 2.41. The fourth-order valence-corrected chi connectivity index (χ4v) is 4.46. The van der Waals surface area contributed by atoms with Gasteiger partial charge in [-0.3, -0.25) is 14.4 Å². The van der Waals surface area contributed by atoms with Gasteiger partial charge in [0, 0.05) is 12.1 Å². The Morgan fingerprint density at radius 1 is 0.971 bits per heavy atom. The molecule has 1 unspecified atom stereocenters. The van der Waals surface area contributed by atoms with Crippen LogP contribution >= 0.6 is 0 Å². The number of hydrogen-bond acceptors (Lipinski definition) is 6. The van der Waals surface area contributed by atoms with Crippen LogP contribution in [-0.2, 0) is 19.2 Å². The molecular formula is C26H46N4O5. The highest BCUT2D eigenvalue weighted by Gasteiger charge is 2.36. The van der Waals surface area contributed by atoms with Crippen molar-refractivity contribution in [2.45, 2.75) is 122 Å². The largest absolute Gasteiger partial charge is 0.334 e. The number of carbonyl (C=O) groups excluding carboxylic acids is 5. The van der Waals surface area contributed by atoms with E-state index in [1.54, 1.807) is 4.90 Å². The zero-order valence-electron chi connectivity index (χ0n) is 22.0. The summed E-state index contributed by atoms with van der Waals surface area (Å²) in [6.07, 6.45) is 10.7. The Morgan fingerprint density at radius 3 is 2.03 bits per heavy atom. The van der Waals surface area contributed by atoms with Crippen molar-refractivity contribution in [3.8, 4) is 0 Å². The van der Waals surface area contributed by atoms with Crippen LogP contribution in [0.1, 0.15) is 98.3 Å². The lowest BCUT2D eigenvalue weighted by Crippen LogP contribution is -2.55. The zero-order chi connectivity index (χ0) is 26.4. The van der Waals surface area contributed by atoms with Crippen LogP contribution in [0.2, 0.25) is 0 Å². The third kappa shape index (κ3) is 12.3. The molecular weight excluding hydrogens is 448 g/mol. The van der Waals surface area contributed by atoms with Gasteiger partial charge in [-0.2, -0.15) is 0 Å². The third-order valence-corrected chi connectivity index (χ3v) is 6.32. The highest BCUT2D eigenvalue weighted by Crippen LogP contribution is 2.23. The van der Waals surface area contributed by atoms with Gasteiger partial charge in [-0.05, 0) is 46.0 Å². The lowest BCUT2D eigenvalue weighted by atomic mass is 10.0. The average Bonchev–Trinajstić information content (AvgIpc) is 3.17. The Bertz CT molecular complexity index is 706. The highest BCUT2D eigenvalue weighted by atomic mass is 16.2. The maximum atomic E-state index is 13.2. The molecule has 200 valence electrons. The van der Waals surface area contributed by atoms with E-state index in [1.807, 2.05) is 27.7 Å². The van der Waals surface area contributed by atoms with Crippen molar-refractivity contribution >= 4 is 30.3 Å². The summed E-state index contributed by atoms with van der Waals surface area (Å²) in [5.41, 5.74) is 5.22. The van der Waals surface area contributed by atoms with Gasteiger partial charge in [0.2, 0.25) is 11.7 Å². The molecule has 0 radical (unpaired) electrons. The first-order valence-corrected chi connectivity index (χ1v) is 13.1. The van der Waals surface area contributed by atoms with Crippen LogP contribution in [-0.4, -0.2) is 65.4 Å². The molecule has 1 aliphatic rings. The van der Waals surface area contributed by atoms with Crippen LogP contribution in [0.25, 0.3) is 0 Å². The normalized spacial score (nSPS) is 19.6. The van der Waals surface area contributed by atoms with E-state index in [0.29, 0.717) is 32.1 Å². The number of hydrogen-bond donors (Lipinski definition) is 3. The molecule has 1 rings (SSSR count). The SMILES string of the molecule is C[C@@H]1CC(C=O)N(C(=O)[C@H](CCCCCCCCCC[C@H](N)C(=O)C=O)NC(=O)NC(C)(C)C)C1. The van der Waals surface area contributed by atoms with Gasteiger partial charge in [0.05, 0.1) is 12.1 Å². The van der Waals surface area contributed by atoms with Gasteiger partial charge in [0.25, 0.3) is 0 Å². The number of aldehydes is 2. The predicted molar refractivity (Wildman–Crippen MR) is 136 cm³/mol. The Hall–Kier alpha value is -2.29. The number of urea groups is 1. The van der Waals surface area contributed by atoms with Gasteiger partial charge < -0.3 is 26.1 Å². The second-order valence-electron chi connectivity index (χ2n) is 11.0. The lowest BCUT2D eigenvalue weighted by Gasteiger charge is -2.28. The van der Waals surface area contributed by atoms with Crippen LogP contribution < -0.4 is 16.4 Å². The second-order valence-corrected chi connectivity index (χ2v) is 11.0. The zero-order valence-corrected chi connectivity index (χ0v) is 22.0. The Labute approximate surface area is 210 Å². The summed E-state index contributed by atoms with van der Waals surface area (Å²) in [6, 6.07) is -2.12. The fraction of sp³-hybridized carbons (Fsp3) is 0.808. The number of ketones is 1. The van der Waals surface area contributed by atoms with Crippen LogP contribution in [0.3, 0.4) is 0 Å². The molecule has 0 saturated carbocycles. The molecule has 1 fully saturated rings. The van der Waals surface area contributed by atoms with Crippen molar-refractivity contribution in [2.75, 3.05) is 6.54 Å². The molecule has 4 N–H and O–H groups in total. The Kier molecular flexibility index (Phi) is 13.7. The van der Waals surface area contributed by atoms with Gasteiger partial charge in [0.15, 0.2) is 6.29 Å². The van der Waals surface area contributed by atoms with Crippen LogP contribution in [0.4, 0.5) is 4.79 Å². The number of amides is 3. The molecule has 9 heteroatoms. The molecule has 1 saturated heterocycles. The first-order valence-electron chi connectivity index (χ1n) is 13.1. The summed E-state index contributed by atoms with van der Waals surface area (Å²) in [4.78, 5) is 60.3. The van der Waals surface area contributed by atoms with E-state index in [1.165, 1.54) is 0 Å². The molecule has 1 heterocycles. The van der Waals surface area contributed by atoms with E-state index in [2.05, 4.69) is 10.6 Å². The van der Waals surface area contributed by atoms with Gasteiger partial charge in [-0.1, -0.05) is 58.3 Å². The number of likely N-dealkylation sites (tertiary alicyclic amines) is 1. The molecule has 0 aromatic heterocycles. The standard InChI is InChI=1S/C26H46N4O5/c1-19-15-20(17-31)30(16-19)24(34)22(28-25(35)29-26(2,3)4)14-12-10-8-6-5-7-9-11-13-21(27)23(33)18-32/h17-22H,5-16,27H2,1-4H3,(H2,28,29,35)/t19-,20?,21+,22+/m1/s1. The van der Waals surface area contributed by atoms with Gasteiger partial charge in [-0.15, -0.1) is 0 Å². The smallest absolute Gasteiger partial charge is 0.315 e. The van der Waals surface area contributed by atoms with Gasteiger partial charge in [0.1, 0.15) is 12.3 Å². The van der Waals surface area contributed by atoms with Crippen molar-refractivity contribution in [1.29, 1.82) is 0 Å². The minimum atomic E-state index is -0.673. The molecule has 4 atom stereocenters. The minimum Gasteiger partial charge on any atom is -0.334 e. The van der Waals surface area contributed by atoms with Gasteiger partial charge in [-0.25, -0.2) is 4.79 Å². The molecule has 0 aromatic rings. The monoisotopic (exact) mass is 494 g/mol. The first kappa shape index (κ1) is 30.7. The van der Waals surface area contributed by atoms with Crippen LogP contribution in [0, 0.1) is 5.92 Å². The molecule has 9 nitrogen and oxygen atoms in total. The van der Waals surface area contributed by atoms with Crippen LogP contribution in [0.5, 0.6) is 0 Å². The van der Waals surface area contributed by atoms with E-state index in [4.69, 9.17) is 5.73 Å². The number of nitrogens with zero attached hydrogens (tertiary/aromatic N) is 1. The second kappa shape index (κ2) is 15.7. The maximum Gasteiger partial charge on any atom is 0.315 e.